The van der Waals surface area contributed by atoms with Gasteiger partial charge in [-0.1, -0.05) is 19.3 Å². The molecule has 0 atom stereocenters. The Hall–Kier alpha value is -0.610. The van der Waals surface area contributed by atoms with Crippen molar-refractivity contribution >= 4 is 5.91 Å². The Morgan fingerprint density at radius 2 is 2.00 bits per heavy atom. The van der Waals surface area contributed by atoms with Gasteiger partial charge in [0.05, 0.1) is 12.1 Å². The van der Waals surface area contributed by atoms with Crippen LogP contribution in [-0.4, -0.2) is 41.1 Å². The van der Waals surface area contributed by atoms with Gasteiger partial charge in [0.2, 0.25) is 5.91 Å². The zero-order valence-electron chi connectivity index (χ0n) is 9.54. The molecule has 0 aromatic carbocycles. The van der Waals surface area contributed by atoms with Crippen LogP contribution < -0.4 is 5.73 Å². The van der Waals surface area contributed by atoms with E-state index in [1.54, 1.807) is 4.90 Å². The minimum Gasteiger partial charge on any atom is -0.395 e. The van der Waals surface area contributed by atoms with Crippen molar-refractivity contribution < 1.29 is 9.90 Å². The fraction of sp³-hybridized carbons (Fsp3) is 0.909. The molecule has 0 bridgehead atoms. The minimum absolute atomic E-state index is 0.00958. The Bertz CT molecular complexity index is 213. The third-order valence-electron chi connectivity index (χ3n) is 3.21. The smallest absolute Gasteiger partial charge is 0.242 e. The van der Waals surface area contributed by atoms with E-state index in [1.165, 1.54) is 6.42 Å². The first kappa shape index (κ1) is 12.5. The molecule has 0 spiro atoms. The van der Waals surface area contributed by atoms with E-state index in [-0.39, 0.29) is 12.5 Å². The van der Waals surface area contributed by atoms with E-state index < -0.39 is 5.54 Å². The number of carbonyl (C=O) groups excluding carboxylic acids is 1. The SMILES string of the molecule is CCN(CCO)C(=O)C1(N)CCCCC1. The Labute approximate surface area is 91.4 Å². The molecule has 0 unspecified atom stereocenters. The number of nitrogens with two attached hydrogens (primary N) is 1. The van der Waals surface area contributed by atoms with Gasteiger partial charge < -0.3 is 15.7 Å². The summed E-state index contributed by atoms with van der Waals surface area (Å²) in [7, 11) is 0. The first-order valence-corrected chi connectivity index (χ1v) is 5.83. The zero-order chi connectivity index (χ0) is 11.3. The van der Waals surface area contributed by atoms with Gasteiger partial charge in [-0.2, -0.15) is 0 Å². The van der Waals surface area contributed by atoms with Crippen LogP contribution in [0, 0.1) is 0 Å². The summed E-state index contributed by atoms with van der Waals surface area (Å²) in [4.78, 5) is 13.8. The van der Waals surface area contributed by atoms with Crippen molar-refractivity contribution in [1.29, 1.82) is 0 Å². The van der Waals surface area contributed by atoms with E-state index in [2.05, 4.69) is 0 Å². The molecule has 1 saturated carbocycles. The molecule has 4 heteroatoms. The molecule has 0 aliphatic heterocycles. The van der Waals surface area contributed by atoms with Gasteiger partial charge in [-0.3, -0.25) is 4.79 Å². The van der Waals surface area contributed by atoms with Gasteiger partial charge >= 0.3 is 0 Å². The Balaban J connectivity index is 2.62. The lowest BCUT2D eigenvalue weighted by Gasteiger charge is -2.36. The van der Waals surface area contributed by atoms with E-state index in [9.17, 15) is 4.79 Å². The van der Waals surface area contributed by atoms with Gasteiger partial charge in [-0.15, -0.1) is 0 Å². The highest BCUT2D eigenvalue weighted by atomic mass is 16.3. The second kappa shape index (κ2) is 5.47. The third kappa shape index (κ3) is 2.92. The quantitative estimate of drug-likeness (QED) is 0.715. The summed E-state index contributed by atoms with van der Waals surface area (Å²) in [5, 5.41) is 8.86. The number of hydrogen-bond donors (Lipinski definition) is 2. The normalized spacial score (nSPS) is 19.9. The maximum absolute atomic E-state index is 12.1. The fourth-order valence-corrected chi connectivity index (χ4v) is 2.24. The molecule has 1 amide bonds. The Morgan fingerprint density at radius 3 is 2.47 bits per heavy atom. The molecule has 0 heterocycles. The number of likely N-dealkylation sites (N-methyl/N-ethyl adjacent to an activating group) is 1. The average Bonchev–Trinajstić information content (AvgIpc) is 2.26. The Morgan fingerprint density at radius 1 is 1.40 bits per heavy atom. The van der Waals surface area contributed by atoms with Crippen LogP contribution in [0.5, 0.6) is 0 Å². The van der Waals surface area contributed by atoms with Crippen molar-refractivity contribution in [2.45, 2.75) is 44.6 Å². The molecule has 4 nitrogen and oxygen atoms in total. The van der Waals surface area contributed by atoms with Gasteiger partial charge in [-0.25, -0.2) is 0 Å². The zero-order valence-corrected chi connectivity index (χ0v) is 9.54. The molecule has 0 radical (unpaired) electrons. The van der Waals surface area contributed by atoms with Crippen molar-refractivity contribution in [3.63, 3.8) is 0 Å². The van der Waals surface area contributed by atoms with Crippen LogP contribution >= 0.6 is 0 Å². The summed E-state index contributed by atoms with van der Waals surface area (Å²) in [6.07, 6.45) is 4.83. The molecule has 0 aromatic heterocycles. The summed E-state index contributed by atoms with van der Waals surface area (Å²) in [6.45, 7) is 2.95. The van der Waals surface area contributed by atoms with E-state index in [4.69, 9.17) is 10.8 Å². The second-order valence-electron chi connectivity index (χ2n) is 4.33. The summed E-state index contributed by atoms with van der Waals surface area (Å²) in [5.74, 6) is 0.0127. The first-order valence-electron chi connectivity index (χ1n) is 5.83. The summed E-state index contributed by atoms with van der Waals surface area (Å²) in [6, 6.07) is 0. The van der Waals surface area contributed by atoms with Gasteiger partial charge in [0, 0.05) is 13.1 Å². The maximum atomic E-state index is 12.1. The van der Waals surface area contributed by atoms with Crippen molar-refractivity contribution in [2.75, 3.05) is 19.7 Å². The topological polar surface area (TPSA) is 66.6 Å². The molecular weight excluding hydrogens is 192 g/mol. The maximum Gasteiger partial charge on any atom is 0.242 e. The number of nitrogens with zero attached hydrogens (tertiary/aromatic N) is 1. The highest BCUT2D eigenvalue weighted by Crippen LogP contribution is 2.27. The summed E-state index contributed by atoms with van der Waals surface area (Å²) in [5.41, 5.74) is 5.47. The van der Waals surface area contributed by atoms with E-state index in [1.807, 2.05) is 6.92 Å². The van der Waals surface area contributed by atoms with Gasteiger partial charge in [-0.05, 0) is 19.8 Å². The first-order chi connectivity index (χ1) is 7.14. The molecule has 15 heavy (non-hydrogen) atoms. The van der Waals surface area contributed by atoms with Crippen LogP contribution in [0.3, 0.4) is 0 Å². The van der Waals surface area contributed by atoms with Crippen LogP contribution in [0.1, 0.15) is 39.0 Å². The van der Waals surface area contributed by atoms with Crippen LogP contribution in [-0.2, 0) is 4.79 Å². The standard InChI is InChI=1S/C11H22N2O2/c1-2-13(8-9-14)10(15)11(12)6-4-3-5-7-11/h14H,2-9,12H2,1H3. The largest absolute Gasteiger partial charge is 0.395 e. The minimum atomic E-state index is -0.663. The van der Waals surface area contributed by atoms with Crippen molar-refractivity contribution in [3.05, 3.63) is 0 Å². The lowest BCUT2D eigenvalue weighted by Crippen LogP contribution is -2.56. The van der Waals surface area contributed by atoms with E-state index in [0.29, 0.717) is 13.1 Å². The number of hydrogen-bond acceptors (Lipinski definition) is 3. The highest BCUT2D eigenvalue weighted by Gasteiger charge is 2.37. The molecule has 1 aliphatic carbocycles. The van der Waals surface area contributed by atoms with Gasteiger partial charge in [0.1, 0.15) is 0 Å². The lowest BCUT2D eigenvalue weighted by molar-refractivity contribution is -0.138. The predicted octanol–water partition coefficient (Wildman–Crippen LogP) is 0.489. The molecule has 0 saturated heterocycles. The van der Waals surface area contributed by atoms with Crippen molar-refractivity contribution in [1.82, 2.24) is 4.90 Å². The number of rotatable bonds is 4. The number of aliphatic hydroxyl groups is 1. The molecule has 88 valence electrons. The van der Waals surface area contributed by atoms with E-state index >= 15 is 0 Å². The second-order valence-corrected chi connectivity index (χ2v) is 4.33. The lowest BCUT2D eigenvalue weighted by atomic mass is 9.81. The fourth-order valence-electron chi connectivity index (χ4n) is 2.24. The van der Waals surface area contributed by atoms with Gasteiger partial charge in [0.25, 0.3) is 0 Å². The van der Waals surface area contributed by atoms with Crippen molar-refractivity contribution in [2.24, 2.45) is 5.73 Å². The van der Waals surface area contributed by atoms with Crippen molar-refractivity contribution in [3.8, 4) is 0 Å². The molecule has 1 rings (SSSR count). The molecule has 3 N–H and O–H groups in total. The van der Waals surface area contributed by atoms with Crippen LogP contribution in [0.25, 0.3) is 0 Å². The summed E-state index contributed by atoms with van der Waals surface area (Å²) >= 11 is 0. The highest BCUT2D eigenvalue weighted by molar-refractivity contribution is 5.86. The molecular formula is C11H22N2O2. The van der Waals surface area contributed by atoms with Crippen LogP contribution in [0.15, 0.2) is 0 Å². The number of carbonyl (C=O) groups is 1. The monoisotopic (exact) mass is 214 g/mol. The predicted molar refractivity (Wildman–Crippen MR) is 59.3 cm³/mol. The Kier molecular flexibility index (Phi) is 4.54. The van der Waals surface area contributed by atoms with Crippen LogP contribution in [0.2, 0.25) is 0 Å². The molecule has 0 aromatic rings. The van der Waals surface area contributed by atoms with Gasteiger partial charge in [0.15, 0.2) is 0 Å². The number of aliphatic hydroxyl groups excluding tert-OH is 1. The summed E-state index contributed by atoms with van der Waals surface area (Å²) < 4.78 is 0. The van der Waals surface area contributed by atoms with Crippen LogP contribution in [0.4, 0.5) is 0 Å². The van der Waals surface area contributed by atoms with E-state index in [0.717, 1.165) is 25.7 Å². The molecule has 1 fully saturated rings. The molecule has 1 aliphatic rings. The third-order valence-corrected chi connectivity index (χ3v) is 3.21. The number of amides is 1. The average molecular weight is 214 g/mol.